The number of nitrogens with zero attached hydrogens (tertiary/aromatic N) is 2. The van der Waals surface area contributed by atoms with Gasteiger partial charge in [-0.1, -0.05) is 12.1 Å². The van der Waals surface area contributed by atoms with Crippen molar-refractivity contribution in [3.63, 3.8) is 0 Å². The van der Waals surface area contributed by atoms with Gasteiger partial charge in [0.1, 0.15) is 12.4 Å². The lowest BCUT2D eigenvalue weighted by molar-refractivity contribution is 0.152. The van der Waals surface area contributed by atoms with Crippen LogP contribution in [0.2, 0.25) is 0 Å². The molecule has 2 atom stereocenters. The van der Waals surface area contributed by atoms with Crippen LogP contribution in [0.25, 0.3) is 0 Å². The van der Waals surface area contributed by atoms with Crippen LogP contribution in [0.1, 0.15) is 24.8 Å². The Bertz CT molecular complexity index is 517. The number of hydrogen-bond acceptors (Lipinski definition) is 4. The lowest BCUT2D eigenvalue weighted by Crippen LogP contribution is -2.37. The van der Waals surface area contributed by atoms with Gasteiger partial charge in [0.2, 0.25) is 0 Å². The largest absolute Gasteiger partial charge is 0.497 e. The molecule has 0 aliphatic carbocycles. The number of cyclic esters (lactones) is 1. The number of ether oxygens (including phenoxy) is 2. The van der Waals surface area contributed by atoms with Crippen LogP contribution in [0, 0.1) is 0 Å². The van der Waals surface area contributed by atoms with E-state index in [1.807, 2.05) is 12.1 Å². The monoisotopic (exact) mass is 304 g/mol. The maximum atomic E-state index is 11.5. The zero-order chi connectivity index (χ0) is 15.5. The van der Waals surface area contributed by atoms with Crippen LogP contribution in [0.4, 0.5) is 4.79 Å². The van der Waals surface area contributed by atoms with Crippen molar-refractivity contribution in [3.05, 3.63) is 29.8 Å². The van der Waals surface area contributed by atoms with Crippen molar-refractivity contribution in [2.45, 2.75) is 25.3 Å². The molecular weight excluding hydrogens is 280 g/mol. The maximum absolute atomic E-state index is 11.5. The van der Waals surface area contributed by atoms with Crippen LogP contribution in [0.5, 0.6) is 5.75 Å². The summed E-state index contributed by atoms with van der Waals surface area (Å²) in [6, 6.07) is 8.94. The van der Waals surface area contributed by atoms with Gasteiger partial charge in [0.25, 0.3) is 0 Å². The summed E-state index contributed by atoms with van der Waals surface area (Å²) in [5.41, 5.74) is 1.37. The molecule has 22 heavy (non-hydrogen) atoms. The Morgan fingerprint density at radius 3 is 2.68 bits per heavy atom. The number of benzene rings is 1. The zero-order valence-electron chi connectivity index (χ0n) is 13.3. The molecule has 0 N–H and O–H groups in total. The number of hydrogen-bond donors (Lipinski definition) is 0. The predicted molar refractivity (Wildman–Crippen MR) is 84.3 cm³/mol. The van der Waals surface area contributed by atoms with Gasteiger partial charge in [-0.05, 0) is 37.0 Å². The smallest absolute Gasteiger partial charge is 0.409 e. The average Bonchev–Trinajstić information content (AvgIpc) is 3.11. The van der Waals surface area contributed by atoms with E-state index >= 15 is 0 Å². The number of carbonyl (C=O) groups excluding carboxylic acids is 1. The number of methoxy groups -OCH3 is 1. The van der Waals surface area contributed by atoms with Crippen molar-refractivity contribution in [1.82, 2.24) is 9.80 Å². The molecule has 2 fully saturated rings. The SMILES string of the molecule is COc1ccc([C@H]2C[C@H](C)N(CCN3CCOC3=O)C2)cc1. The van der Waals surface area contributed by atoms with E-state index in [0.29, 0.717) is 18.6 Å². The fourth-order valence-electron chi connectivity index (χ4n) is 3.41. The highest BCUT2D eigenvalue weighted by Crippen LogP contribution is 2.32. The topological polar surface area (TPSA) is 42.0 Å². The molecule has 2 heterocycles. The molecule has 0 radical (unpaired) electrons. The lowest BCUT2D eigenvalue weighted by atomic mass is 9.97. The van der Waals surface area contributed by atoms with Crippen molar-refractivity contribution < 1.29 is 14.3 Å². The van der Waals surface area contributed by atoms with Crippen molar-refractivity contribution in [2.75, 3.05) is 39.9 Å². The van der Waals surface area contributed by atoms with Crippen LogP contribution >= 0.6 is 0 Å². The number of carbonyl (C=O) groups is 1. The molecule has 0 spiro atoms. The van der Waals surface area contributed by atoms with Crippen molar-refractivity contribution in [2.24, 2.45) is 0 Å². The average molecular weight is 304 g/mol. The fourth-order valence-corrected chi connectivity index (χ4v) is 3.41. The molecular formula is C17H24N2O3. The Morgan fingerprint density at radius 1 is 1.27 bits per heavy atom. The van der Waals surface area contributed by atoms with Gasteiger partial charge in [0.15, 0.2) is 0 Å². The van der Waals surface area contributed by atoms with E-state index in [-0.39, 0.29) is 6.09 Å². The Balaban J connectivity index is 1.55. The highest BCUT2D eigenvalue weighted by atomic mass is 16.6. The predicted octanol–water partition coefficient (Wildman–Crippen LogP) is 2.33. The molecule has 120 valence electrons. The molecule has 0 saturated carbocycles. The van der Waals surface area contributed by atoms with Crippen molar-refractivity contribution in [3.8, 4) is 5.75 Å². The summed E-state index contributed by atoms with van der Waals surface area (Å²) in [6.07, 6.45) is 0.995. The summed E-state index contributed by atoms with van der Waals surface area (Å²) < 4.78 is 10.2. The lowest BCUT2D eigenvalue weighted by Gasteiger charge is -2.23. The summed E-state index contributed by atoms with van der Waals surface area (Å²) in [7, 11) is 1.69. The highest BCUT2D eigenvalue weighted by molar-refractivity contribution is 5.69. The third-order valence-corrected chi connectivity index (χ3v) is 4.79. The van der Waals surface area contributed by atoms with Crippen LogP contribution in [0.15, 0.2) is 24.3 Å². The fraction of sp³-hybridized carbons (Fsp3) is 0.588. The summed E-state index contributed by atoms with van der Waals surface area (Å²) in [5, 5.41) is 0. The van der Waals surface area contributed by atoms with Crippen LogP contribution < -0.4 is 4.74 Å². The Hall–Kier alpha value is -1.75. The van der Waals surface area contributed by atoms with E-state index in [4.69, 9.17) is 9.47 Å². The maximum Gasteiger partial charge on any atom is 0.409 e. The highest BCUT2D eigenvalue weighted by Gasteiger charge is 2.31. The number of rotatable bonds is 5. The first-order valence-corrected chi connectivity index (χ1v) is 7.97. The minimum atomic E-state index is -0.168. The van der Waals surface area contributed by atoms with Gasteiger partial charge in [-0.25, -0.2) is 4.79 Å². The van der Waals surface area contributed by atoms with Gasteiger partial charge in [0.05, 0.1) is 13.7 Å². The third kappa shape index (κ3) is 3.19. The minimum absolute atomic E-state index is 0.168. The molecule has 1 aromatic carbocycles. The Morgan fingerprint density at radius 2 is 2.05 bits per heavy atom. The summed E-state index contributed by atoms with van der Waals surface area (Å²) in [5.74, 6) is 1.46. The third-order valence-electron chi connectivity index (χ3n) is 4.79. The molecule has 5 nitrogen and oxygen atoms in total. The summed E-state index contributed by atoms with van der Waals surface area (Å²) in [4.78, 5) is 15.8. The van der Waals surface area contributed by atoms with Crippen LogP contribution in [-0.4, -0.2) is 61.8 Å². The Kier molecular flexibility index (Phi) is 4.52. The first-order valence-electron chi connectivity index (χ1n) is 7.97. The molecule has 2 saturated heterocycles. The second kappa shape index (κ2) is 6.57. The summed E-state index contributed by atoms with van der Waals surface area (Å²) >= 11 is 0. The molecule has 1 amide bonds. The van der Waals surface area contributed by atoms with Gasteiger partial charge in [-0.3, -0.25) is 4.90 Å². The molecule has 0 aromatic heterocycles. The van der Waals surface area contributed by atoms with Crippen molar-refractivity contribution in [1.29, 1.82) is 0 Å². The normalized spacial score (nSPS) is 25.5. The van der Waals surface area contributed by atoms with E-state index in [9.17, 15) is 4.79 Å². The zero-order valence-corrected chi connectivity index (χ0v) is 13.3. The van der Waals surface area contributed by atoms with Gasteiger partial charge < -0.3 is 14.4 Å². The van der Waals surface area contributed by atoms with E-state index in [0.717, 1.165) is 38.3 Å². The van der Waals surface area contributed by atoms with Gasteiger partial charge in [0, 0.05) is 25.7 Å². The first-order chi connectivity index (χ1) is 10.7. The van der Waals surface area contributed by atoms with E-state index in [1.54, 1.807) is 12.0 Å². The second-order valence-electron chi connectivity index (χ2n) is 6.15. The van der Waals surface area contributed by atoms with Gasteiger partial charge >= 0.3 is 6.09 Å². The number of amides is 1. The van der Waals surface area contributed by atoms with E-state index in [2.05, 4.69) is 24.0 Å². The summed E-state index contributed by atoms with van der Waals surface area (Å²) in [6.45, 7) is 6.26. The van der Waals surface area contributed by atoms with E-state index < -0.39 is 0 Å². The van der Waals surface area contributed by atoms with Gasteiger partial charge in [-0.2, -0.15) is 0 Å². The Labute approximate surface area is 131 Å². The van der Waals surface area contributed by atoms with Crippen molar-refractivity contribution >= 4 is 6.09 Å². The molecule has 3 rings (SSSR count). The second-order valence-corrected chi connectivity index (χ2v) is 6.15. The van der Waals surface area contributed by atoms with Crippen LogP contribution in [-0.2, 0) is 4.74 Å². The standard InChI is InChI=1S/C17H24N2O3/c1-13-11-15(14-3-5-16(21-2)6-4-14)12-19(13)8-7-18-9-10-22-17(18)20/h3-6,13,15H,7-12H2,1-2H3/t13-,15-/m0/s1. The molecule has 5 heteroatoms. The molecule has 1 aromatic rings. The minimum Gasteiger partial charge on any atom is -0.497 e. The first kappa shape index (κ1) is 15.2. The number of likely N-dealkylation sites (tertiary alicyclic amines) is 1. The molecule has 0 unspecified atom stereocenters. The molecule has 2 aliphatic rings. The quantitative estimate of drug-likeness (QED) is 0.837. The molecule has 2 aliphatic heterocycles. The van der Waals surface area contributed by atoms with Crippen LogP contribution in [0.3, 0.4) is 0 Å². The van der Waals surface area contributed by atoms with E-state index in [1.165, 1.54) is 5.56 Å². The van der Waals surface area contributed by atoms with Gasteiger partial charge in [-0.15, -0.1) is 0 Å². The molecule has 0 bridgehead atoms.